The van der Waals surface area contributed by atoms with Crippen molar-refractivity contribution in [1.82, 2.24) is 4.31 Å². The fourth-order valence-corrected chi connectivity index (χ4v) is 5.26. The van der Waals surface area contributed by atoms with Crippen molar-refractivity contribution in [1.29, 1.82) is 0 Å². The Bertz CT molecular complexity index is 929. The van der Waals surface area contributed by atoms with Crippen LogP contribution in [0.25, 0.3) is 6.08 Å². The van der Waals surface area contributed by atoms with Crippen LogP contribution in [-0.2, 0) is 14.8 Å². The van der Waals surface area contributed by atoms with E-state index in [9.17, 15) is 13.2 Å². The quantitative estimate of drug-likeness (QED) is 0.718. The summed E-state index contributed by atoms with van der Waals surface area (Å²) in [6.07, 6.45) is 6.96. The average Bonchev–Trinajstić information content (AvgIpc) is 3.05. The summed E-state index contributed by atoms with van der Waals surface area (Å²) in [5, 5.41) is 4.65. The lowest BCUT2D eigenvalue weighted by molar-refractivity contribution is -0.111. The van der Waals surface area contributed by atoms with E-state index >= 15 is 0 Å². The van der Waals surface area contributed by atoms with Gasteiger partial charge in [0.25, 0.3) is 0 Å². The standard InChI is InChI=1S/C20H24N2O4S2/c1-26-19-10-9-17(28(24,25)22-12-4-2-3-5-13-22)15-18(19)21-20(23)11-8-16-7-6-14-27-16/h6-11,14-15H,2-5,12-13H2,1H3,(H,21,23). The Morgan fingerprint density at radius 1 is 1.18 bits per heavy atom. The lowest BCUT2D eigenvalue weighted by Gasteiger charge is -2.20. The first-order valence-corrected chi connectivity index (χ1v) is 11.5. The second-order valence-corrected chi connectivity index (χ2v) is 9.44. The van der Waals surface area contributed by atoms with E-state index in [0.29, 0.717) is 24.5 Å². The van der Waals surface area contributed by atoms with Crippen LogP contribution in [0.2, 0.25) is 0 Å². The maximum absolute atomic E-state index is 13.0. The van der Waals surface area contributed by atoms with E-state index in [2.05, 4.69) is 5.32 Å². The molecule has 8 heteroatoms. The van der Waals surface area contributed by atoms with Gasteiger partial charge in [0.2, 0.25) is 15.9 Å². The summed E-state index contributed by atoms with van der Waals surface area (Å²) in [6, 6.07) is 8.38. The van der Waals surface area contributed by atoms with Crippen molar-refractivity contribution in [3.05, 3.63) is 46.7 Å². The van der Waals surface area contributed by atoms with Crippen molar-refractivity contribution >= 4 is 39.0 Å². The molecule has 1 aliphatic rings. The topological polar surface area (TPSA) is 75.7 Å². The highest BCUT2D eigenvalue weighted by Crippen LogP contribution is 2.30. The van der Waals surface area contributed by atoms with Gasteiger partial charge >= 0.3 is 0 Å². The highest BCUT2D eigenvalue weighted by molar-refractivity contribution is 7.89. The van der Waals surface area contributed by atoms with Crippen molar-refractivity contribution in [2.75, 3.05) is 25.5 Å². The zero-order valence-corrected chi connectivity index (χ0v) is 17.4. The van der Waals surface area contributed by atoms with Crippen LogP contribution in [-0.4, -0.2) is 38.8 Å². The number of carbonyl (C=O) groups excluding carboxylic acids is 1. The smallest absolute Gasteiger partial charge is 0.248 e. The van der Waals surface area contributed by atoms with Gasteiger partial charge in [0.1, 0.15) is 5.75 Å². The molecule has 1 saturated heterocycles. The minimum absolute atomic E-state index is 0.160. The van der Waals surface area contributed by atoms with Crippen molar-refractivity contribution in [2.45, 2.75) is 30.6 Å². The van der Waals surface area contributed by atoms with E-state index in [-0.39, 0.29) is 10.8 Å². The number of carbonyl (C=O) groups is 1. The zero-order chi connectivity index (χ0) is 20.0. The molecule has 1 aromatic heterocycles. The highest BCUT2D eigenvalue weighted by Gasteiger charge is 2.26. The summed E-state index contributed by atoms with van der Waals surface area (Å²) >= 11 is 1.53. The SMILES string of the molecule is COc1ccc(S(=O)(=O)N2CCCCCC2)cc1NC(=O)C=Cc1cccs1. The maximum atomic E-state index is 13.0. The van der Waals surface area contributed by atoms with Crippen molar-refractivity contribution in [3.8, 4) is 5.75 Å². The lowest BCUT2D eigenvalue weighted by atomic mass is 10.2. The molecular weight excluding hydrogens is 396 g/mol. The molecule has 1 fully saturated rings. The number of methoxy groups -OCH3 is 1. The van der Waals surface area contributed by atoms with Gasteiger partial charge in [-0.15, -0.1) is 11.3 Å². The Hall–Kier alpha value is -2.16. The number of sulfonamides is 1. The Labute approximate surface area is 169 Å². The molecule has 0 bridgehead atoms. The molecule has 0 radical (unpaired) electrons. The molecule has 150 valence electrons. The summed E-state index contributed by atoms with van der Waals surface area (Å²) in [5.41, 5.74) is 0.333. The van der Waals surface area contributed by atoms with Crippen LogP contribution < -0.4 is 10.1 Å². The predicted octanol–water partition coefficient (Wildman–Crippen LogP) is 3.97. The Morgan fingerprint density at radius 3 is 2.57 bits per heavy atom. The van der Waals surface area contributed by atoms with Crippen LogP contribution in [0, 0.1) is 0 Å². The van der Waals surface area contributed by atoms with E-state index in [1.165, 1.54) is 41.0 Å². The average molecular weight is 421 g/mol. The number of thiophene rings is 1. The van der Waals surface area contributed by atoms with Crippen molar-refractivity contribution in [3.63, 3.8) is 0 Å². The molecule has 1 amide bonds. The molecule has 2 aromatic rings. The van der Waals surface area contributed by atoms with Crippen LogP contribution in [0.1, 0.15) is 30.6 Å². The van der Waals surface area contributed by atoms with Gasteiger partial charge < -0.3 is 10.1 Å². The minimum Gasteiger partial charge on any atom is -0.495 e. The summed E-state index contributed by atoms with van der Waals surface area (Å²) < 4.78 is 32.9. The number of anilines is 1. The first-order chi connectivity index (χ1) is 13.5. The van der Waals surface area contributed by atoms with Gasteiger partial charge in [-0.2, -0.15) is 4.31 Å². The summed E-state index contributed by atoms with van der Waals surface area (Å²) in [7, 11) is -2.12. The number of benzene rings is 1. The third-order valence-corrected chi connectivity index (χ3v) is 7.31. The maximum Gasteiger partial charge on any atom is 0.248 e. The highest BCUT2D eigenvalue weighted by atomic mass is 32.2. The molecule has 0 spiro atoms. The van der Waals surface area contributed by atoms with Crippen LogP contribution in [0.3, 0.4) is 0 Å². The Morgan fingerprint density at radius 2 is 1.93 bits per heavy atom. The molecule has 1 aromatic carbocycles. The second kappa shape index (κ2) is 9.36. The molecule has 3 rings (SSSR count). The first-order valence-electron chi connectivity index (χ1n) is 9.21. The normalized spacial score (nSPS) is 16.0. The molecular formula is C20H24N2O4S2. The fourth-order valence-electron chi connectivity index (χ4n) is 3.09. The van der Waals surface area contributed by atoms with Gasteiger partial charge in [0, 0.05) is 24.0 Å². The minimum atomic E-state index is -3.61. The number of amides is 1. The molecule has 2 heterocycles. The van der Waals surface area contributed by atoms with Crippen LogP contribution in [0.5, 0.6) is 5.75 Å². The monoisotopic (exact) mass is 420 g/mol. The van der Waals surface area contributed by atoms with E-state index in [1.54, 1.807) is 12.1 Å². The number of ether oxygens (including phenoxy) is 1. The van der Waals surface area contributed by atoms with Crippen molar-refractivity contribution in [2.24, 2.45) is 0 Å². The van der Waals surface area contributed by atoms with Gasteiger partial charge in [-0.1, -0.05) is 18.9 Å². The fraction of sp³-hybridized carbons (Fsp3) is 0.350. The molecule has 0 aliphatic carbocycles. The molecule has 0 unspecified atom stereocenters. The van der Waals surface area contributed by atoms with Crippen molar-refractivity contribution < 1.29 is 17.9 Å². The van der Waals surface area contributed by atoms with E-state index in [0.717, 1.165) is 30.6 Å². The second-order valence-electron chi connectivity index (χ2n) is 6.52. The Kier molecular flexibility index (Phi) is 6.88. The van der Waals surface area contributed by atoms with E-state index in [4.69, 9.17) is 4.74 Å². The number of nitrogens with one attached hydrogen (secondary N) is 1. The van der Waals surface area contributed by atoms with Gasteiger partial charge in [0.15, 0.2) is 0 Å². The van der Waals surface area contributed by atoms with Crippen LogP contribution >= 0.6 is 11.3 Å². The summed E-state index contributed by atoms with van der Waals surface area (Å²) in [4.78, 5) is 13.4. The summed E-state index contributed by atoms with van der Waals surface area (Å²) in [5.74, 6) is 0.0590. The third kappa shape index (κ3) is 5.01. The number of nitrogens with zero attached hydrogens (tertiary/aromatic N) is 1. The Balaban J connectivity index is 1.82. The number of hydrogen-bond donors (Lipinski definition) is 1. The largest absolute Gasteiger partial charge is 0.495 e. The number of rotatable bonds is 6. The first kappa shape index (κ1) is 20.6. The molecule has 28 heavy (non-hydrogen) atoms. The van der Waals surface area contributed by atoms with E-state index < -0.39 is 10.0 Å². The summed E-state index contributed by atoms with van der Waals surface area (Å²) in [6.45, 7) is 1.05. The molecule has 1 aliphatic heterocycles. The molecule has 0 atom stereocenters. The van der Waals surface area contributed by atoms with Gasteiger partial charge in [0.05, 0.1) is 17.7 Å². The third-order valence-electron chi connectivity index (χ3n) is 4.57. The van der Waals surface area contributed by atoms with Gasteiger partial charge in [-0.25, -0.2) is 8.42 Å². The van der Waals surface area contributed by atoms with Crippen LogP contribution in [0.15, 0.2) is 46.7 Å². The molecule has 1 N–H and O–H groups in total. The molecule has 0 saturated carbocycles. The molecule has 6 nitrogen and oxygen atoms in total. The van der Waals surface area contributed by atoms with Crippen LogP contribution in [0.4, 0.5) is 5.69 Å². The van der Waals surface area contributed by atoms with E-state index in [1.807, 2.05) is 17.5 Å². The zero-order valence-electron chi connectivity index (χ0n) is 15.8. The number of hydrogen-bond acceptors (Lipinski definition) is 5. The van der Waals surface area contributed by atoms with Gasteiger partial charge in [-0.3, -0.25) is 4.79 Å². The lowest BCUT2D eigenvalue weighted by Crippen LogP contribution is -2.32. The predicted molar refractivity (Wildman–Crippen MR) is 112 cm³/mol. The van der Waals surface area contributed by atoms with Gasteiger partial charge in [-0.05, 0) is 48.6 Å².